The lowest BCUT2D eigenvalue weighted by atomic mass is 10.1. The minimum Gasteiger partial charge on any atom is -0.504 e. The second kappa shape index (κ2) is 9.15. The van der Waals surface area contributed by atoms with E-state index in [1.165, 1.54) is 7.11 Å². The number of ether oxygens (including phenoxy) is 2. The molecule has 0 bridgehead atoms. The first kappa shape index (κ1) is 19.6. The highest BCUT2D eigenvalue weighted by atomic mass is 35.5. The highest BCUT2D eigenvalue weighted by molar-refractivity contribution is 6.31. The van der Waals surface area contributed by atoms with Crippen molar-refractivity contribution in [3.8, 4) is 17.2 Å². The number of phenolic OH excluding ortho intramolecular Hbond substituents is 1. The number of rotatable bonds is 7. The van der Waals surface area contributed by atoms with Crippen LogP contribution in [0.5, 0.6) is 17.2 Å². The van der Waals surface area contributed by atoms with Gasteiger partial charge in [0.05, 0.1) is 12.7 Å². The zero-order valence-electron chi connectivity index (χ0n) is 15.3. The minimum atomic E-state index is -0.273. The van der Waals surface area contributed by atoms with Crippen LogP contribution in [0.3, 0.4) is 0 Å². The van der Waals surface area contributed by atoms with Gasteiger partial charge in [-0.1, -0.05) is 48.0 Å². The van der Waals surface area contributed by atoms with Crippen molar-refractivity contribution < 1.29 is 19.4 Å². The normalized spacial score (nSPS) is 10.4. The fourth-order valence-electron chi connectivity index (χ4n) is 2.67. The maximum atomic E-state index is 12.6. The Hall–Kier alpha value is -3.18. The van der Waals surface area contributed by atoms with Crippen LogP contribution in [0.4, 0.5) is 0 Å². The third-order valence-corrected chi connectivity index (χ3v) is 4.54. The first-order chi connectivity index (χ1) is 13.6. The van der Waals surface area contributed by atoms with Crippen molar-refractivity contribution in [2.45, 2.75) is 13.2 Å². The third-order valence-electron chi connectivity index (χ3n) is 4.17. The van der Waals surface area contributed by atoms with Crippen LogP contribution in [0.2, 0.25) is 5.02 Å². The maximum absolute atomic E-state index is 12.6. The van der Waals surface area contributed by atoms with Gasteiger partial charge in [0, 0.05) is 17.1 Å². The molecule has 0 spiro atoms. The van der Waals surface area contributed by atoms with Gasteiger partial charge < -0.3 is 19.9 Å². The predicted octanol–water partition coefficient (Wildman–Crippen LogP) is 4.56. The molecule has 0 aliphatic rings. The molecular weight excluding hydrogens is 378 g/mol. The predicted molar refractivity (Wildman–Crippen MR) is 108 cm³/mol. The molecule has 3 rings (SSSR count). The monoisotopic (exact) mass is 397 g/mol. The summed E-state index contributed by atoms with van der Waals surface area (Å²) in [6.07, 6.45) is 0. The smallest absolute Gasteiger partial charge is 0.255 e. The Kier molecular flexibility index (Phi) is 6.40. The molecule has 3 aromatic rings. The number of methoxy groups -OCH3 is 1. The van der Waals surface area contributed by atoms with Crippen molar-refractivity contribution in [3.05, 3.63) is 88.4 Å². The molecule has 0 saturated carbocycles. The quantitative estimate of drug-likeness (QED) is 0.613. The SMILES string of the molecule is COc1ccc(CNC(=O)c2ccccc2OCc2ccccc2Cl)cc1O. The molecule has 1 amide bonds. The van der Waals surface area contributed by atoms with Crippen LogP contribution in [0.1, 0.15) is 21.5 Å². The van der Waals surface area contributed by atoms with Gasteiger partial charge in [0.15, 0.2) is 11.5 Å². The third kappa shape index (κ3) is 4.75. The van der Waals surface area contributed by atoms with E-state index >= 15 is 0 Å². The van der Waals surface area contributed by atoms with Gasteiger partial charge in [-0.15, -0.1) is 0 Å². The highest BCUT2D eigenvalue weighted by Gasteiger charge is 2.13. The van der Waals surface area contributed by atoms with E-state index in [2.05, 4.69) is 5.32 Å². The molecule has 0 heterocycles. The summed E-state index contributed by atoms with van der Waals surface area (Å²) in [6.45, 7) is 0.519. The van der Waals surface area contributed by atoms with Crippen LogP contribution in [0, 0.1) is 0 Å². The van der Waals surface area contributed by atoms with Crippen molar-refractivity contribution in [1.29, 1.82) is 0 Å². The van der Waals surface area contributed by atoms with Gasteiger partial charge in [0.2, 0.25) is 0 Å². The molecule has 3 aromatic carbocycles. The molecule has 6 heteroatoms. The molecule has 0 aromatic heterocycles. The van der Waals surface area contributed by atoms with Crippen molar-refractivity contribution in [1.82, 2.24) is 5.32 Å². The summed E-state index contributed by atoms with van der Waals surface area (Å²) in [6, 6.07) is 19.4. The van der Waals surface area contributed by atoms with E-state index in [1.807, 2.05) is 18.2 Å². The van der Waals surface area contributed by atoms with Gasteiger partial charge in [-0.3, -0.25) is 4.79 Å². The Morgan fingerprint density at radius 3 is 2.54 bits per heavy atom. The Morgan fingerprint density at radius 1 is 1.04 bits per heavy atom. The molecule has 0 radical (unpaired) electrons. The fourth-order valence-corrected chi connectivity index (χ4v) is 2.86. The summed E-state index contributed by atoms with van der Waals surface area (Å²) >= 11 is 6.16. The second-order valence-electron chi connectivity index (χ2n) is 6.07. The molecule has 0 atom stereocenters. The number of phenols is 1. The number of halogens is 1. The molecule has 144 valence electrons. The number of hydrogen-bond donors (Lipinski definition) is 2. The summed E-state index contributed by atoms with van der Waals surface area (Å²) in [5.74, 6) is 0.605. The van der Waals surface area contributed by atoms with Crippen LogP contribution in [-0.4, -0.2) is 18.1 Å². The lowest BCUT2D eigenvalue weighted by Gasteiger charge is -2.13. The molecule has 5 nitrogen and oxygen atoms in total. The van der Waals surface area contributed by atoms with E-state index in [0.717, 1.165) is 11.1 Å². The number of hydrogen-bond acceptors (Lipinski definition) is 4. The summed E-state index contributed by atoms with van der Waals surface area (Å²) in [5, 5.41) is 13.3. The number of amides is 1. The average molecular weight is 398 g/mol. The van der Waals surface area contributed by atoms with E-state index < -0.39 is 0 Å². The molecule has 2 N–H and O–H groups in total. The van der Waals surface area contributed by atoms with E-state index in [4.69, 9.17) is 21.1 Å². The largest absolute Gasteiger partial charge is 0.504 e. The van der Waals surface area contributed by atoms with Gasteiger partial charge in [0.1, 0.15) is 12.4 Å². The number of benzene rings is 3. The van der Waals surface area contributed by atoms with Crippen LogP contribution >= 0.6 is 11.6 Å². The van der Waals surface area contributed by atoms with E-state index in [-0.39, 0.29) is 24.8 Å². The molecular formula is C22H20ClNO4. The number of aromatic hydroxyl groups is 1. The standard InChI is InChI=1S/C22H20ClNO4/c1-27-21-11-10-15(12-19(21)25)13-24-22(26)17-7-3-5-9-20(17)28-14-16-6-2-4-8-18(16)23/h2-12,25H,13-14H2,1H3,(H,24,26). The molecule has 0 fully saturated rings. The zero-order valence-corrected chi connectivity index (χ0v) is 16.1. The Bertz CT molecular complexity index is 974. The summed E-state index contributed by atoms with van der Waals surface area (Å²) in [4.78, 5) is 12.6. The van der Waals surface area contributed by atoms with Crippen molar-refractivity contribution in [2.75, 3.05) is 7.11 Å². The highest BCUT2D eigenvalue weighted by Crippen LogP contribution is 2.26. The fraction of sp³-hybridized carbons (Fsp3) is 0.136. The van der Waals surface area contributed by atoms with Crippen molar-refractivity contribution in [3.63, 3.8) is 0 Å². The first-order valence-corrected chi connectivity index (χ1v) is 9.05. The lowest BCUT2D eigenvalue weighted by Crippen LogP contribution is -2.23. The number of nitrogens with one attached hydrogen (secondary N) is 1. The van der Waals surface area contributed by atoms with E-state index in [1.54, 1.807) is 48.5 Å². The van der Waals surface area contributed by atoms with Crippen LogP contribution < -0.4 is 14.8 Å². The van der Waals surface area contributed by atoms with E-state index in [9.17, 15) is 9.90 Å². The molecule has 28 heavy (non-hydrogen) atoms. The van der Waals surface area contributed by atoms with Gasteiger partial charge in [-0.25, -0.2) is 0 Å². The lowest BCUT2D eigenvalue weighted by molar-refractivity contribution is 0.0946. The van der Waals surface area contributed by atoms with Gasteiger partial charge in [-0.2, -0.15) is 0 Å². The van der Waals surface area contributed by atoms with Crippen LogP contribution in [-0.2, 0) is 13.2 Å². The Morgan fingerprint density at radius 2 is 1.79 bits per heavy atom. The average Bonchev–Trinajstić information content (AvgIpc) is 2.72. The van der Waals surface area contributed by atoms with Crippen molar-refractivity contribution in [2.24, 2.45) is 0 Å². The van der Waals surface area contributed by atoms with E-state index in [0.29, 0.717) is 22.1 Å². The Labute approximate surface area is 168 Å². The number of carbonyl (C=O) groups is 1. The summed E-state index contributed by atoms with van der Waals surface area (Å²) in [5.41, 5.74) is 2.02. The first-order valence-electron chi connectivity index (χ1n) is 8.68. The molecule has 0 aliphatic carbocycles. The Balaban J connectivity index is 1.67. The summed E-state index contributed by atoms with van der Waals surface area (Å²) < 4.78 is 10.8. The number of para-hydroxylation sites is 1. The minimum absolute atomic E-state index is 0.0257. The molecule has 0 saturated heterocycles. The van der Waals surface area contributed by atoms with Crippen molar-refractivity contribution >= 4 is 17.5 Å². The summed E-state index contributed by atoms with van der Waals surface area (Å²) in [7, 11) is 1.48. The van der Waals surface area contributed by atoms with Gasteiger partial charge >= 0.3 is 0 Å². The van der Waals surface area contributed by atoms with Crippen LogP contribution in [0.25, 0.3) is 0 Å². The number of carbonyl (C=O) groups excluding carboxylic acids is 1. The zero-order chi connectivity index (χ0) is 19.9. The molecule has 0 aliphatic heterocycles. The van der Waals surface area contributed by atoms with Gasteiger partial charge in [-0.05, 0) is 35.9 Å². The maximum Gasteiger partial charge on any atom is 0.255 e. The van der Waals surface area contributed by atoms with Crippen LogP contribution in [0.15, 0.2) is 66.7 Å². The second-order valence-corrected chi connectivity index (χ2v) is 6.47. The van der Waals surface area contributed by atoms with Gasteiger partial charge in [0.25, 0.3) is 5.91 Å². The molecule has 0 unspecified atom stereocenters. The topological polar surface area (TPSA) is 67.8 Å².